The van der Waals surface area contributed by atoms with Crippen LogP contribution in [-0.2, 0) is 6.42 Å². The number of aryl methyl sites for hydroxylation is 1. The van der Waals surface area contributed by atoms with E-state index in [0.29, 0.717) is 0 Å². The molecule has 89 valence electrons. The smallest absolute Gasteiger partial charge is 0.00991 e. The minimum Gasteiger partial charge on any atom is -0.0654 e. The van der Waals surface area contributed by atoms with Crippen LogP contribution in [0.3, 0.4) is 0 Å². The molecule has 0 bridgehead atoms. The third-order valence-electron chi connectivity index (χ3n) is 3.30. The van der Waals surface area contributed by atoms with Gasteiger partial charge in [0.15, 0.2) is 0 Å². The Bertz CT molecular complexity index is 456. The standard InChI is InChI=1S/C17H21/c1-2-3-4-5-6-9-15-12-13-16-10-7-8-11-17(16)14-15/h7-8,10,12-14H,2-6,9H2,1H3. The lowest BCUT2D eigenvalue weighted by Gasteiger charge is -2.03. The van der Waals surface area contributed by atoms with Crippen LogP contribution < -0.4 is 0 Å². The zero-order valence-corrected chi connectivity index (χ0v) is 10.7. The molecule has 2 rings (SSSR count). The van der Waals surface area contributed by atoms with Crippen molar-refractivity contribution >= 4 is 10.8 Å². The fourth-order valence-corrected chi connectivity index (χ4v) is 2.25. The Morgan fingerprint density at radius 3 is 2.76 bits per heavy atom. The Hall–Kier alpha value is -1.30. The molecule has 0 N–H and O–H groups in total. The second kappa shape index (κ2) is 6.44. The SMILES string of the molecule is CCCCCCCc1ccc2ccc[c]c2c1. The Morgan fingerprint density at radius 2 is 1.88 bits per heavy atom. The predicted octanol–water partition coefficient (Wildman–Crippen LogP) is 5.15. The first-order chi connectivity index (χ1) is 8.40. The van der Waals surface area contributed by atoms with Gasteiger partial charge in [0.2, 0.25) is 0 Å². The van der Waals surface area contributed by atoms with Gasteiger partial charge in [-0.15, -0.1) is 0 Å². The van der Waals surface area contributed by atoms with E-state index in [4.69, 9.17) is 0 Å². The van der Waals surface area contributed by atoms with E-state index in [1.165, 1.54) is 54.9 Å². The number of hydrogen-bond donors (Lipinski definition) is 0. The van der Waals surface area contributed by atoms with Crippen molar-refractivity contribution in [3.8, 4) is 0 Å². The van der Waals surface area contributed by atoms with Crippen molar-refractivity contribution < 1.29 is 0 Å². The first-order valence-electron chi connectivity index (χ1n) is 6.79. The van der Waals surface area contributed by atoms with Gasteiger partial charge in [0.05, 0.1) is 0 Å². The number of fused-ring (bicyclic) bond motifs is 1. The molecular formula is C17H21. The fourth-order valence-electron chi connectivity index (χ4n) is 2.25. The summed E-state index contributed by atoms with van der Waals surface area (Å²) in [5.41, 5.74) is 1.46. The first-order valence-corrected chi connectivity index (χ1v) is 6.79. The monoisotopic (exact) mass is 225 g/mol. The van der Waals surface area contributed by atoms with Gasteiger partial charge in [-0.3, -0.25) is 0 Å². The lowest BCUT2D eigenvalue weighted by molar-refractivity contribution is 0.632. The molecule has 17 heavy (non-hydrogen) atoms. The molecule has 0 heteroatoms. The van der Waals surface area contributed by atoms with Crippen molar-refractivity contribution in [2.24, 2.45) is 0 Å². The highest BCUT2D eigenvalue weighted by atomic mass is 14.0. The molecule has 0 spiro atoms. The van der Waals surface area contributed by atoms with E-state index >= 15 is 0 Å². The summed E-state index contributed by atoms with van der Waals surface area (Å²) in [7, 11) is 0. The highest BCUT2D eigenvalue weighted by Crippen LogP contribution is 2.17. The Morgan fingerprint density at radius 1 is 1.00 bits per heavy atom. The molecule has 0 unspecified atom stereocenters. The summed E-state index contributed by atoms with van der Waals surface area (Å²) in [6, 6.07) is 16.3. The fraction of sp³-hybridized carbons (Fsp3) is 0.412. The van der Waals surface area contributed by atoms with Gasteiger partial charge in [0.1, 0.15) is 0 Å². The van der Waals surface area contributed by atoms with E-state index in [0.717, 1.165) is 0 Å². The third-order valence-corrected chi connectivity index (χ3v) is 3.30. The van der Waals surface area contributed by atoms with Gasteiger partial charge in [-0.25, -0.2) is 0 Å². The summed E-state index contributed by atoms with van der Waals surface area (Å²) in [5, 5.41) is 2.54. The highest BCUT2D eigenvalue weighted by Gasteiger charge is 1.96. The second-order valence-electron chi connectivity index (χ2n) is 4.76. The van der Waals surface area contributed by atoms with Gasteiger partial charge in [-0.1, -0.05) is 69.0 Å². The zero-order valence-electron chi connectivity index (χ0n) is 10.7. The molecule has 0 atom stereocenters. The molecule has 0 aromatic heterocycles. The molecule has 2 aromatic rings. The van der Waals surface area contributed by atoms with Gasteiger partial charge in [0.25, 0.3) is 0 Å². The van der Waals surface area contributed by atoms with E-state index in [1.807, 2.05) is 12.1 Å². The minimum absolute atomic E-state index is 1.21. The summed E-state index contributed by atoms with van der Waals surface area (Å²) < 4.78 is 0. The normalized spacial score (nSPS) is 10.9. The van der Waals surface area contributed by atoms with E-state index in [-0.39, 0.29) is 0 Å². The van der Waals surface area contributed by atoms with Crippen molar-refractivity contribution in [2.45, 2.75) is 45.4 Å². The molecule has 0 saturated heterocycles. The molecule has 1 radical (unpaired) electrons. The lowest BCUT2D eigenvalue weighted by atomic mass is 10.0. The summed E-state index contributed by atoms with van der Waals surface area (Å²) in [5.74, 6) is 0. The molecule has 0 heterocycles. The molecule has 0 fully saturated rings. The van der Waals surface area contributed by atoms with E-state index < -0.39 is 0 Å². The maximum atomic E-state index is 3.30. The van der Waals surface area contributed by atoms with Crippen LogP contribution in [0.15, 0.2) is 36.4 Å². The van der Waals surface area contributed by atoms with Crippen LogP contribution in [0.25, 0.3) is 10.8 Å². The topological polar surface area (TPSA) is 0 Å². The minimum atomic E-state index is 1.21. The Labute approximate surface area is 105 Å². The molecular weight excluding hydrogens is 204 g/mol. The summed E-state index contributed by atoms with van der Waals surface area (Å²) in [6.07, 6.45) is 7.98. The molecule has 2 aromatic carbocycles. The zero-order chi connectivity index (χ0) is 11.9. The predicted molar refractivity (Wildman–Crippen MR) is 75.2 cm³/mol. The van der Waals surface area contributed by atoms with Gasteiger partial charge in [0, 0.05) is 0 Å². The second-order valence-corrected chi connectivity index (χ2v) is 4.76. The molecule has 0 nitrogen and oxygen atoms in total. The molecule has 0 aliphatic rings. The molecule has 0 aliphatic heterocycles. The summed E-state index contributed by atoms with van der Waals surface area (Å²) >= 11 is 0. The van der Waals surface area contributed by atoms with Crippen LogP contribution >= 0.6 is 0 Å². The number of benzene rings is 2. The maximum absolute atomic E-state index is 3.30. The average molecular weight is 225 g/mol. The lowest BCUT2D eigenvalue weighted by Crippen LogP contribution is -1.86. The van der Waals surface area contributed by atoms with Crippen LogP contribution in [-0.4, -0.2) is 0 Å². The van der Waals surface area contributed by atoms with Crippen LogP contribution in [0, 0.1) is 6.07 Å². The van der Waals surface area contributed by atoms with Gasteiger partial charge < -0.3 is 0 Å². The van der Waals surface area contributed by atoms with E-state index in [9.17, 15) is 0 Å². The quantitative estimate of drug-likeness (QED) is 0.596. The van der Waals surface area contributed by atoms with Crippen LogP contribution in [0.4, 0.5) is 0 Å². The van der Waals surface area contributed by atoms with Crippen molar-refractivity contribution in [3.05, 3.63) is 48.0 Å². The Balaban J connectivity index is 1.90. The highest BCUT2D eigenvalue weighted by molar-refractivity contribution is 5.82. The largest absolute Gasteiger partial charge is 0.0654 e. The van der Waals surface area contributed by atoms with E-state index in [2.05, 4.69) is 37.3 Å². The molecule has 0 saturated carbocycles. The van der Waals surface area contributed by atoms with Gasteiger partial charge in [-0.2, -0.15) is 0 Å². The maximum Gasteiger partial charge on any atom is -0.00991 e. The third kappa shape index (κ3) is 3.59. The van der Waals surface area contributed by atoms with Gasteiger partial charge in [-0.05, 0) is 35.2 Å². The first kappa shape index (κ1) is 12.2. The van der Waals surface area contributed by atoms with Crippen LogP contribution in [0.2, 0.25) is 0 Å². The van der Waals surface area contributed by atoms with Crippen molar-refractivity contribution in [3.63, 3.8) is 0 Å². The number of unbranched alkanes of at least 4 members (excludes halogenated alkanes) is 4. The van der Waals surface area contributed by atoms with Crippen LogP contribution in [0.1, 0.15) is 44.6 Å². The van der Waals surface area contributed by atoms with Crippen LogP contribution in [0.5, 0.6) is 0 Å². The van der Waals surface area contributed by atoms with Crippen molar-refractivity contribution in [1.82, 2.24) is 0 Å². The number of rotatable bonds is 6. The van der Waals surface area contributed by atoms with Crippen molar-refractivity contribution in [1.29, 1.82) is 0 Å². The van der Waals surface area contributed by atoms with Crippen molar-refractivity contribution in [2.75, 3.05) is 0 Å². The van der Waals surface area contributed by atoms with Gasteiger partial charge >= 0.3 is 0 Å². The average Bonchev–Trinajstić information content (AvgIpc) is 2.38. The summed E-state index contributed by atoms with van der Waals surface area (Å²) in [6.45, 7) is 2.26. The summed E-state index contributed by atoms with van der Waals surface area (Å²) in [4.78, 5) is 0. The number of hydrogen-bond acceptors (Lipinski definition) is 0. The van der Waals surface area contributed by atoms with E-state index in [1.54, 1.807) is 0 Å². The molecule has 0 aliphatic carbocycles. The molecule has 0 amide bonds. The Kier molecular flexibility index (Phi) is 4.61.